The van der Waals surface area contributed by atoms with Gasteiger partial charge in [-0.2, -0.15) is 0 Å². The average molecular weight is 278 g/mol. The number of thiocarbonyl (C=S) groups is 1. The summed E-state index contributed by atoms with van der Waals surface area (Å²) in [5.74, 6) is 0.670. The lowest BCUT2D eigenvalue weighted by Crippen LogP contribution is -2.62. The second-order valence-electron chi connectivity index (χ2n) is 5.15. The number of anilines is 1. The van der Waals surface area contributed by atoms with E-state index in [-0.39, 0.29) is 5.91 Å². The monoisotopic (exact) mass is 278 g/mol. The molecule has 6 heteroatoms. The minimum Gasteiger partial charge on any atom is -0.389 e. The number of amides is 1. The maximum Gasteiger partial charge on any atom is 0.245 e. The molecule has 3 N–H and O–H groups in total. The number of hydrogen-bond acceptors (Lipinski definition) is 4. The molecule has 19 heavy (non-hydrogen) atoms. The summed E-state index contributed by atoms with van der Waals surface area (Å²) in [6.07, 6.45) is 0. The molecule has 1 saturated heterocycles. The minimum atomic E-state index is -0.668. The van der Waals surface area contributed by atoms with E-state index in [4.69, 9.17) is 18.0 Å². The molecule has 0 aliphatic carbocycles. The van der Waals surface area contributed by atoms with Crippen LogP contribution in [0.4, 0.5) is 5.82 Å². The van der Waals surface area contributed by atoms with Crippen molar-refractivity contribution < 1.29 is 4.79 Å². The molecule has 0 unspecified atom stereocenters. The van der Waals surface area contributed by atoms with Gasteiger partial charge in [0.25, 0.3) is 0 Å². The van der Waals surface area contributed by atoms with E-state index in [0.29, 0.717) is 29.5 Å². The van der Waals surface area contributed by atoms with E-state index in [0.717, 1.165) is 5.69 Å². The Kier molecular flexibility index (Phi) is 3.45. The summed E-state index contributed by atoms with van der Waals surface area (Å²) in [6, 6.07) is 3.73. The Labute approximate surface area is 118 Å². The predicted molar refractivity (Wildman–Crippen MR) is 79.3 cm³/mol. The molecule has 1 amide bonds. The first-order valence-corrected chi connectivity index (χ1v) is 6.58. The molecule has 102 valence electrons. The third kappa shape index (κ3) is 2.40. The van der Waals surface area contributed by atoms with Gasteiger partial charge in [0.1, 0.15) is 16.3 Å². The summed E-state index contributed by atoms with van der Waals surface area (Å²) in [4.78, 5) is 18.8. The summed E-state index contributed by atoms with van der Waals surface area (Å²) in [5, 5.41) is 2.86. The smallest absolute Gasteiger partial charge is 0.245 e. The number of aromatic nitrogens is 1. The molecule has 0 aromatic carbocycles. The van der Waals surface area contributed by atoms with Crippen molar-refractivity contribution >= 4 is 28.9 Å². The standard InChI is InChI=1S/C13H18N4OS/c1-8-4-5-9(10(14)19)11(16-8)17-7-6-15-12(18)13(17,2)3/h4-5H,6-7H2,1-3H3,(H2,14,19)(H,15,18). The fraction of sp³-hybridized carbons (Fsp3) is 0.462. The van der Waals surface area contributed by atoms with E-state index in [1.54, 1.807) is 0 Å². The van der Waals surface area contributed by atoms with Crippen molar-refractivity contribution in [3.63, 3.8) is 0 Å². The predicted octanol–water partition coefficient (Wildman–Crippen LogP) is 0.739. The van der Waals surface area contributed by atoms with E-state index in [2.05, 4.69) is 10.3 Å². The third-order valence-electron chi connectivity index (χ3n) is 3.39. The van der Waals surface area contributed by atoms with E-state index in [1.165, 1.54) is 0 Å². The number of nitrogens with one attached hydrogen (secondary N) is 1. The highest BCUT2D eigenvalue weighted by atomic mass is 32.1. The van der Waals surface area contributed by atoms with E-state index in [9.17, 15) is 4.79 Å². The number of nitrogens with two attached hydrogens (primary N) is 1. The quantitative estimate of drug-likeness (QED) is 0.781. The number of carbonyl (C=O) groups is 1. The average Bonchev–Trinajstić information content (AvgIpc) is 2.32. The molecule has 1 aliphatic heterocycles. The molecule has 0 radical (unpaired) electrons. The van der Waals surface area contributed by atoms with E-state index < -0.39 is 5.54 Å². The number of hydrogen-bond donors (Lipinski definition) is 2. The van der Waals surface area contributed by atoms with Crippen LogP contribution in [-0.2, 0) is 4.79 Å². The summed E-state index contributed by atoms with van der Waals surface area (Å²) >= 11 is 5.08. The van der Waals surface area contributed by atoms with Crippen LogP contribution in [0, 0.1) is 6.92 Å². The molecule has 1 aliphatic rings. The molecule has 1 aromatic rings. The molecule has 1 aromatic heterocycles. The molecule has 0 bridgehead atoms. The number of carbonyl (C=O) groups excluding carboxylic acids is 1. The highest BCUT2D eigenvalue weighted by Gasteiger charge is 2.39. The van der Waals surface area contributed by atoms with Gasteiger partial charge in [-0.15, -0.1) is 0 Å². The zero-order valence-corrected chi connectivity index (χ0v) is 12.2. The van der Waals surface area contributed by atoms with Gasteiger partial charge >= 0.3 is 0 Å². The topological polar surface area (TPSA) is 71.2 Å². The van der Waals surface area contributed by atoms with Gasteiger partial charge in [-0.3, -0.25) is 4.79 Å². The van der Waals surface area contributed by atoms with Crippen molar-refractivity contribution in [1.29, 1.82) is 0 Å². The molecular weight excluding hydrogens is 260 g/mol. The summed E-state index contributed by atoms with van der Waals surface area (Å²) in [5.41, 5.74) is 6.67. The molecule has 0 saturated carbocycles. The highest BCUT2D eigenvalue weighted by molar-refractivity contribution is 7.80. The summed E-state index contributed by atoms with van der Waals surface area (Å²) in [6.45, 7) is 6.92. The Morgan fingerprint density at radius 2 is 2.21 bits per heavy atom. The fourth-order valence-corrected chi connectivity index (χ4v) is 2.37. The maximum absolute atomic E-state index is 12.0. The zero-order valence-electron chi connectivity index (χ0n) is 11.4. The van der Waals surface area contributed by atoms with Crippen LogP contribution in [0.3, 0.4) is 0 Å². The highest BCUT2D eigenvalue weighted by Crippen LogP contribution is 2.27. The first kappa shape index (κ1) is 13.7. The van der Waals surface area contributed by atoms with Crippen LogP contribution in [0.5, 0.6) is 0 Å². The third-order valence-corrected chi connectivity index (χ3v) is 3.61. The molecule has 1 fully saturated rings. The van der Waals surface area contributed by atoms with Crippen LogP contribution in [0.1, 0.15) is 25.1 Å². The van der Waals surface area contributed by atoms with Gasteiger partial charge < -0.3 is 16.0 Å². The molecule has 2 rings (SSSR count). The largest absolute Gasteiger partial charge is 0.389 e. The van der Waals surface area contributed by atoms with Crippen LogP contribution in [0.2, 0.25) is 0 Å². The van der Waals surface area contributed by atoms with Gasteiger partial charge in [0, 0.05) is 18.8 Å². The first-order valence-electron chi connectivity index (χ1n) is 6.17. The second-order valence-corrected chi connectivity index (χ2v) is 5.59. The van der Waals surface area contributed by atoms with Crippen LogP contribution in [0.25, 0.3) is 0 Å². The lowest BCUT2D eigenvalue weighted by molar-refractivity contribution is -0.126. The fourth-order valence-electron chi connectivity index (χ4n) is 2.21. The van der Waals surface area contributed by atoms with E-state index >= 15 is 0 Å². The molecular formula is C13H18N4OS. The van der Waals surface area contributed by atoms with Crippen LogP contribution in [-0.4, -0.2) is 34.5 Å². The van der Waals surface area contributed by atoms with E-state index in [1.807, 2.05) is 37.8 Å². The van der Waals surface area contributed by atoms with Crippen molar-refractivity contribution in [3.8, 4) is 0 Å². The Morgan fingerprint density at radius 1 is 1.53 bits per heavy atom. The summed E-state index contributed by atoms with van der Waals surface area (Å²) < 4.78 is 0. The SMILES string of the molecule is Cc1ccc(C(N)=S)c(N2CCNC(=O)C2(C)C)n1. The zero-order chi connectivity index (χ0) is 14.2. The number of nitrogens with zero attached hydrogens (tertiary/aromatic N) is 2. The molecule has 0 spiro atoms. The minimum absolute atomic E-state index is 0.0176. The summed E-state index contributed by atoms with van der Waals surface area (Å²) in [7, 11) is 0. The van der Waals surface area contributed by atoms with Gasteiger partial charge in [-0.25, -0.2) is 4.98 Å². The molecule has 2 heterocycles. The molecule has 5 nitrogen and oxygen atoms in total. The Bertz CT molecular complexity index is 541. The number of pyridine rings is 1. The van der Waals surface area contributed by atoms with Crippen molar-refractivity contribution in [2.24, 2.45) is 5.73 Å². The number of aryl methyl sites for hydroxylation is 1. The lowest BCUT2D eigenvalue weighted by Gasteiger charge is -2.42. The van der Waals surface area contributed by atoms with Gasteiger partial charge in [0.15, 0.2) is 0 Å². The van der Waals surface area contributed by atoms with Gasteiger partial charge in [-0.1, -0.05) is 12.2 Å². The lowest BCUT2D eigenvalue weighted by atomic mass is 9.98. The van der Waals surface area contributed by atoms with Gasteiger partial charge in [0.05, 0.1) is 5.56 Å². The van der Waals surface area contributed by atoms with Crippen molar-refractivity contribution in [1.82, 2.24) is 10.3 Å². The van der Waals surface area contributed by atoms with Crippen LogP contribution in [0.15, 0.2) is 12.1 Å². The van der Waals surface area contributed by atoms with Crippen molar-refractivity contribution in [2.75, 3.05) is 18.0 Å². The Hall–Kier alpha value is -1.69. The Morgan fingerprint density at radius 3 is 2.84 bits per heavy atom. The normalized spacial score (nSPS) is 18.1. The number of rotatable bonds is 2. The van der Waals surface area contributed by atoms with Crippen molar-refractivity contribution in [3.05, 3.63) is 23.4 Å². The van der Waals surface area contributed by atoms with Crippen molar-refractivity contribution in [2.45, 2.75) is 26.3 Å². The van der Waals surface area contributed by atoms with Gasteiger partial charge in [-0.05, 0) is 32.9 Å². The van der Waals surface area contributed by atoms with Crippen LogP contribution < -0.4 is 16.0 Å². The van der Waals surface area contributed by atoms with Crippen LogP contribution >= 0.6 is 12.2 Å². The Balaban J connectivity index is 2.54. The first-order chi connectivity index (χ1) is 8.84. The number of piperazine rings is 1. The maximum atomic E-state index is 12.0. The molecule has 0 atom stereocenters. The second kappa shape index (κ2) is 4.77. The van der Waals surface area contributed by atoms with Gasteiger partial charge in [0.2, 0.25) is 5.91 Å².